The summed E-state index contributed by atoms with van der Waals surface area (Å²) in [6, 6.07) is 0. The standard InChI is InChI=1S/C14H23N3O3/c1-14(11-18)4-2-5-16(10-14)8-12-7-15-17(9-12)6-3-13(19)20/h7,9,18H,2-6,8,10-11H2,1H3,(H,19,20)/t14-/m1/s1. The van der Waals surface area contributed by atoms with Crippen LogP contribution in [0.5, 0.6) is 0 Å². The predicted octanol–water partition coefficient (Wildman–Crippen LogP) is 0.952. The molecule has 1 saturated heterocycles. The van der Waals surface area contributed by atoms with Gasteiger partial charge in [0, 0.05) is 36.9 Å². The van der Waals surface area contributed by atoms with Crippen LogP contribution in [-0.4, -0.2) is 50.6 Å². The van der Waals surface area contributed by atoms with E-state index in [-0.39, 0.29) is 18.4 Å². The molecule has 1 atom stereocenters. The Balaban J connectivity index is 1.88. The van der Waals surface area contributed by atoms with E-state index in [9.17, 15) is 9.90 Å². The topological polar surface area (TPSA) is 78.6 Å². The zero-order chi connectivity index (χ0) is 14.6. The second-order valence-corrected chi connectivity index (χ2v) is 6.04. The lowest BCUT2D eigenvalue weighted by Crippen LogP contribution is -2.43. The molecule has 0 saturated carbocycles. The molecule has 20 heavy (non-hydrogen) atoms. The summed E-state index contributed by atoms with van der Waals surface area (Å²) in [5, 5.41) is 22.3. The van der Waals surface area contributed by atoms with Gasteiger partial charge in [0.05, 0.1) is 19.2 Å². The van der Waals surface area contributed by atoms with Crippen molar-refractivity contribution in [2.24, 2.45) is 5.41 Å². The molecule has 0 unspecified atom stereocenters. The van der Waals surface area contributed by atoms with Crippen molar-refractivity contribution < 1.29 is 15.0 Å². The number of carboxylic acid groups (broad SMARTS) is 1. The van der Waals surface area contributed by atoms with Crippen LogP contribution in [0.2, 0.25) is 0 Å². The Hall–Kier alpha value is -1.40. The molecule has 2 N–H and O–H groups in total. The van der Waals surface area contributed by atoms with E-state index in [0.29, 0.717) is 6.54 Å². The molecule has 1 fully saturated rings. The number of aryl methyl sites for hydroxylation is 1. The summed E-state index contributed by atoms with van der Waals surface area (Å²) < 4.78 is 1.68. The number of aliphatic hydroxyl groups is 1. The van der Waals surface area contributed by atoms with Gasteiger partial charge < -0.3 is 10.2 Å². The number of likely N-dealkylation sites (tertiary alicyclic amines) is 1. The highest BCUT2D eigenvalue weighted by molar-refractivity contribution is 5.66. The average molecular weight is 281 g/mol. The molecule has 1 aromatic heterocycles. The van der Waals surface area contributed by atoms with Crippen LogP contribution in [0.4, 0.5) is 0 Å². The molecule has 1 aliphatic rings. The van der Waals surface area contributed by atoms with Crippen molar-refractivity contribution in [1.82, 2.24) is 14.7 Å². The summed E-state index contributed by atoms with van der Waals surface area (Å²) in [7, 11) is 0. The van der Waals surface area contributed by atoms with Gasteiger partial charge in [0.25, 0.3) is 0 Å². The number of carboxylic acids is 1. The molecule has 112 valence electrons. The van der Waals surface area contributed by atoms with Gasteiger partial charge in [0.1, 0.15) is 0 Å². The van der Waals surface area contributed by atoms with Crippen LogP contribution >= 0.6 is 0 Å². The Morgan fingerprint density at radius 1 is 1.55 bits per heavy atom. The first-order valence-electron chi connectivity index (χ1n) is 7.07. The lowest BCUT2D eigenvalue weighted by atomic mass is 9.83. The Bertz CT molecular complexity index is 460. The second-order valence-electron chi connectivity index (χ2n) is 6.04. The summed E-state index contributed by atoms with van der Waals surface area (Å²) in [6.07, 6.45) is 5.97. The number of piperidine rings is 1. The van der Waals surface area contributed by atoms with Crippen molar-refractivity contribution in [2.45, 2.75) is 39.3 Å². The lowest BCUT2D eigenvalue weighted by Gasteiger charge is -2.39. The third-order valence-electron chi connectivity index (χ3n) is 3.89. The van der Waals surface area contributed by atoms with Crippen molar-refractivity contribution in [3.63, 3.8) is 0 Å². The molecule has 2 rings (SSSR count). The van der Waals surface area contributed by atoms with Crippen LogP contribution in [0.3, 0.4) is 0 Å². The monoisotopic (exact) mass is 281 g/mol. The van der Waals surface area contributed by atoms with E-state index < -0.39 is 5.97 Å². The van der Waals surface area contributed by atoms with E-state index in [2.05, 4.69) is 16.9 Å². The van der Waals surface area contributed by atoms with Crippen molar-refractivity contribution >= 4 is 5.97 Å². The molecule has 6 nitrogen and oxygen atoms in total. The normalized spacial score (nSPS) is 23.9. The van der Waals surface area contributed by atoms with Gasteiger partial charge in [-0.15, -0.1) is 0 Å². The molecule has 0 bridgehead atoms. The third kappa shape index (κ3) is 4.05. The first-order valence-corrected chi connectivity index (χ1v) is 7.07. The van der Waals surface area contributed by atoms with Crippen LogP contribution in [0.1, 0.15) is 31.7 Å². The fourth-order valence-corrected chi connectivity index (χ4v) is 2.77. The van der Waals surface area contributed by atoms with Crippen molar-refractivity contribution in [3.05, 3.63) is 18.0 Å². The number of aliphatic hydroxyl groups excluding tert-OH is 1. The summed E-state index contributed by atoms with van der Waals surface area (Å²) in [6.45, 7) is 5.49. The SMILES string of the molecule is C[C@@]1(CO)CCCN(Cc2cnn(CCC(=O)O)c2)C1. The first-order chi connectivity index (χ1) is 9.50. The van der Waals surface area contributed by atoms with Crippen molar-refractivity contribution in [3.8, 4) is 0 Å². The van der Waals surface area contributed by atoms with Gasteiger partial charge in [0.2, 0.25) is 0 Å². The molecular formula is C14H23N3O3. The van der Waals surface area contributed by atoms with E-state index in [1.165, 1.54) is 0 Å². The molecular weight excluding hydrogens is 258 g/mol. The lowest BCUT2D eigenvalue weighted by molar-refractivity contribution is -0.137. The molecule has 1 aliphatic heterocycles. The van der Waals surface area contributed by atoms with Crippen molar-refractivity contribution in [1.29, 1.82) is 0 Å². The van der Waals surface area contributed by atoms with Gasteiger partial charge in [-0.05, 0) is 19.4 Å². The van der Waals surface area contributed by atoms with Gasteiger partial charge in [0.15, 0.2) is 0 Å². The van der Waals surface area contributed by atoms with Crippen molar-refractivity contribution in [2.75, 3.05) is 19.7 Å². The fourth-order valence-electron chi connectivity index (χ4n) is 2.77. The summed E-state index contributed by atoms with van der Waals surface area (Å²) in [5.74, 6) is -0.809. The molecule has 0 aliphatic carbocycles. The van der Waals surface area contributed by atoms with E-state index in [4.69, 9.17) is 5.11 Å². The van der Waals surface area contributed by atoms with Crippen LogP contribution in [0.25, 0.3) is 0 Å². The fraction of sp³-hybridized carbons (Fsp3) is 0.714. The molecule has 2 heterocycles. The third-order valence-corrected chi connectivity index (χ3v) is 3.89. The number of aromatic nitrogens is 2. The highest BCUT2D eigenvalue weighted by atomic mass is 16.4. The number of hydrogen-bond donors (Lipinski definition) is 2. The van der Waals surface area contributed by atoms with Gasteiger partial charge in [-0.1, -0.05) is 6.92 Å². The van der Waals surface area contributed by atoms with Crippen LogP contribution in [0, 0.1) is 5.41 Å². The van der Waals surface area contributed by atoms with E-state index >= 15 is 0 Å². The number of rotatable bonds is 6. The number of carbonyl (C=O) groups is 1. The minimum Gasteiger partial charge on any atom is -0.481 e. The summed E-state index contributed by atoms with van der Waals surface area (Å²) >= 11 is 0. The number of hydrogen-bond acceptors (Lipinski definition) is 4. The smallest absolute Gasteiger partial charge is 0.305 e. The van der Waals surface area contributed by atoms with E-state index in [0.717, 1.165) is 38.0 Å². The van der Waals surface area contributed by atoms with E-state index in [1.807, 2.05) is 6.20 Å². The zero-order valence-corrected chi connectivity index (χ0v) is 12.0. The largest absolute Gasteiger partial charge is 0.481 e. The number of aliphatic carboxylic acids is 1. The molecule has 0 spiro atoms. The quantitative estimate of drug-likeness (QED) is 0.811. The molecule has 6 heteroatoms. The minimum absolute atomic E-state index is 0.00243. The number of nitrogens with zero attached hydrogens (tertiary/aromatic N) is 3. The van der Waals surface area contributed by atoms with Crippen LogP contribution in [0.15, 0.2) is 12.4 Å². The Labute approximate surface area is 119 Å². The Kier molecular flexibility index (Phi) is 4.77. The Morgan fingerprint density at radius 3 is 3.05 bits per heavy atom. The highest BCUT2D eigenvalue weighted by Crippen LogP contribution is 2.29. The maximum atomic E-state index is 10.5. The zero-order valence-electron chi connectivity index (χ0n) is 12.0. The van der Waals surface area contributed by atoms with Crippen LogP contribution in [-0.2, 0) is 17.9 Å². The maximum Gasteiger partial charge on any atom is 0.305 e. The Morgan fingerprint density at radius 2 is 2.35 bits per heavy atom. The molecule has 1 aromatic rings. The minimum atomic E-state index is -0.809. The molecule has 0 aromatic carbocycles. The highest BCUT2D eigenvalue weighted by Gasteiger charge is 2.30. The maximum absolute atomic E-state index is 10.5. The average Bonchev–Trinajstić information content (AvgIpc) is 2.84. The molecule has 0 amide bonds. The summed E-state index contributed by atoms with van der Waals surface area (Å²) in [5.41, 5.74) is 1.09. The molecule has 0 radical (unpaired) electrons. The van der Waals surface area contributed by atoms with Gasteiger partial charge in [-0.25, -0.2) is 0 Å². The summed E-state index contributed by atoms with van der Waals surface area (Å²) in [4.78, 5) is 12.9. The second kappa shape index (κ2) is 6.37. The predicted molar refractivity (Wildman–Crippen MR) is 74.2 cm³/mol. The van der Waals surface area contributed by atoms with Gasteiger partial charge in [-0.3, -0.25) is 14.4 Å². The van der Waals surface area contributed by atoms with Gasteiger partial charge >= 0.3 is 5.97 Å². The van der Waals surface area contributed by atoms with Crippen LogP contribution < -0.4 is 0 Å². The van der Waals surface area contributed by atoms with E-state index in [1.54, 1.807) is 10.9 Å². The first kappa shape index (κ1) is 15.0. The van der Waals surface area contributed by atoms with Gasteiger partial charge in [-0.2, -0.15) is 5.10 Å².